The van der Waals surface area contributed by atoms with Gasteiger partial charge in [-0.15, -0.1) is 0 Å². The first-order chi connectivity index (χ1) is 9.74. The summed E-state index contributed by atoms with van der Waals surface area (Å²) in [6, 6.07) is 19.2. The van der Waals surface area contributed by atoms with E-state index in [1.165, 1.54) is 11.1 Å². The normalized spacial score (nSPS) is 10.8. The number of nitrogens with one attached hydrogen (secondary N) is 1. The Bertz CT molecular complexity index is 508. The second-order valence-electron chi connectivity index (χ2n) is 5.27. The smallest absolute Gasteiger partial charge is 0.119 e. The summed E-state index contributed by atoms with van der Waals surface area (Å²) in [6.45, 7) is 5.90. The predicted molar refractivity (Wildman–Crippen MR) is 84.1 cm³/mol. The number of hydrogen-bond donors (Lipinski definition) is 1. The summed E-state index contributed by atoms with van der Waals surface area (Å²) in [7, 11) is 0. The molecule has 2 aromatic rings. The van der Waals surface area contributed by atoms with E-state index in [1.54, 1.807) is 0 Å². The summed E-state index contributed by atoms with van der Waals surface area (Å²) in [5.41, 5.74) is 2.57. The zero-order valence-corrected chi connectivity index (χ0v) is 12.3. The van der Waals surface area contributed by atoms with Crippen LogP contribution in [0.3, 0.4) is 0 Å². The standard InChI is InChI=1S/C18H23NO/c1-15(2)19-14-17-9-6-10-18(13-17)20-12-11-16-7-4-3-5-8-16/h3-10,13,15,19H,11-12,14H2,1-2H3. The third-order valence-corrected chi connectivity index (χ3v) is 3.12. The van der Waals surface area contributed by atoms with Crippen molar-refractivity contribution in [2.75, 3.05) is 6.61 Å². The Hall–Kier alpha value is -1.80. The van der Waals surface area contributed by atoms with Crippen LogP contribution in [0, 0.1) is 0 Å². The van der Waals surface area contributed by atoms with Gasteiger partial charge in [-0.1, -0.05) is 56.3 Å². The van der Waals surface area contributed by atoms with Gasteiger partial charge in [0.2, 0.25) is 0 Å². The molecule has 20 heavy (non-hydrogen) atoms. The zero-order chi connectivity index (χ0) is 14.2. The maximum absolute atomic E-state index is 5.83. The van der Waals surface area contributed by atoms with Gasteiger partial charge in [0, 0.05) is 19.0 Å². The number of ether oxygens (including phenoxy) is 1. The molecule has 0 fully saturated rings. The van der Waals surface area contributed by atoms with Crippen molar-refractivity contribution < 1.29 is 4.74 Å². The van der Waals surface area contributed by atoms with Gasteiger partial charge < -0.3 is 10.1 Å². The van der Waals surface area contributed by atoms with Crippen LogP contribution in [0.1, 0.15) is 25.0 Å². The lowest BCUT2D eigenvalue weighted by Gasteiger charge is -2.10. The van der Waals surface area contributed by atoms with E-state index < -0.39 is 0 Å². The van der Waals surface area contributed by atoms with Crippen molar-refractivity contribution in [2.45, 2.75) is 32.9 Å². The van der Waals surface area contributed by atoms with Crippen LogP contribution < -0.4 is 10.1 Å². The van der Waals surface area contributed by atoms with Crippen LogP contribution in [0.4, 0.5) is 0 Å². The minimum absolute atomic E-state index is 0.498. The lowest BCUT2D eigenvalue weighted by atomic mass is 10.2. The lowest BCUT2D eigenvalue weighted by molar-refractivity contribution is 0.321. The Labute approximate surface area is 121 Å². The van der Waals surface area contributed by atoms with Crippen LogP contribution in [0.15, 0.2) is 54.6 Å². The SMILES string of the molecule is CC(C)NCc1cccc(OCCc2ccccc2)c1. The molecule has 2 heteroatoms. The van der Waals surface area contributed by atoms with E-state index in [0.29, 0.717) is 12.6 Å². The molecule has 0 radical (unpaired) electrons. The molecule has 0 saturated heterocycles. The summed E-state index contributed by atoms with van der Waals surface area (Å²) in [6.07, 6.45) is 0.940. The summed E-state index contributed by atoms with van der Waals surface area (Å²) < 4.78 is 5.83. The fourth-order valence-electron chi connectivity index (χ4n) is 2.00. The fourth-order valence-corrected chi connectivity index (χ4v) is 2.00. The summed E-state index contributed by atoms with van der Waals surface area (Å²) in [5, 5.41) is 3.42. The van der Waals surface area contributed by atoms with E-state index in [1.807, 2.05) is 12.1 Å². The van der Waals surface area contributed by atoms with Gasteiger partial charge in [0.15, 0.2) is 0 Å². The average Bonchev–Trinajstić information content (AvgIpc) is 2.47. The summed E-state index contributed by atoms with van der Waals surface area (Å²) in [5.74, 6) is 0.948. The van der Waals surface area contributed by atoms with Crippen molar-refractivity contribution in [2.24, 2.45) is 0 Å². The first-order valence-corrected chi connectivity index (χ1v) is 7.23. The average molecular weight is 269 g/mol. The number of rotatable bonds is 7. The fraction of sp³-hybridized carbons (Fsp3) is 0.333. The molecule has 2 rings (SSSR count). The minimum Gasteiger partial charge on any atom is -0.493 e. The van der Waals surface area contributed by atoms with Crippen molar-refractivity contribution in [3.8, 4) is 5.75 Å². The molecule has 0 aliphatic carbocycles. The highest BCUT2D eigenvalue weighted by Crippen LogP contribution is 2.14. The molecule has 0 atom stereocenters. The van der Waals surface area contributed by atoms with Gasteiger partial charge in [-0.2, -0.15) is 0 Å². The molecule has 0 unspecified atom stereocenters. The Morgan fingerprint density at radius 2 is 1.70 bits per heavy atom. The second kappa shape index (κ2) is 7.71. The van der Waals surface area contributed by atoms with Crippen LogP contribution in [0.2, 0.25) is 0 Å². The van der Waals surface area contributed by atoms with E-state index >= 15 is 0 Å². The van der Waals surface area contributed by atoms with Crippen LogP contribution in [-0.2, 0) is 13.0 Å². The third-order valence-electron chi connectivity index (χ3n) is 3.12. The van der Waals surface area contributed by atoms with E-state index in [0.717, 1.165) is 18.7 Å². The third kappa shape index (κ3) is 5.06. The number of benzene rings is 2. The lowest BCUT2D eigenvalue weighted by Crippen LogP contribution is -2.21. The molecule has 0 aromatic heterocycles. The molecular weight excluding hydrogens is 246 g/mol. The van der Waals surface area contributed by atoms with Gasteiger partial charge in [0.25, 0.3) is 0 Å². The first-order valence-electron chi connectivity index (χ1n) is 7.23. The van der Waals surface area contributed by atoms with Crippen LogP contribution >= 0.6 is 0 Å². The Morgan fingerprint density at radius 3 is 2.45 bits per heavy atom. The van der Waals surface area contributed by atoms with E-state index in [9.17, 15) is 0 Å². The van der Waals surface area contributed by atoms with Gasteiger partial charge >= 0.3 is 0 Å². The Balaban J connectivity index is 1.82. The largest absolute Gasteiger partial charge is 0.493 e. The number of hydrogen-bond acceptors (Lipinski definition) is 2. The molecule has 1 N–H and O–H groups in total. The van der Waals surface area contributed by atoms with Gasteiger partial charge in [-0.3, -0.25) is 0 Å². The highest BCUT2D eigenvalue weighted by molar-refractivity contribution is 5.28. The molecule has 0 saturated carbocycles. The van der Waals surface area contributed by atoms with E-state index in [2.05, 4.69) is 61.6 Å². The van der Waals surface area contributed by atoms with E-state index in [-0.39, 0.29) is 0 Å². The van der Waals surface area contributed by atoms with Crippen LogP contribution in [-0.4, -0.2) is 12.6 Å². The van der Waals surface area contributed by atoms with Gasteiger partial charge in [-0.25, -0.2) is 0 Å². The second-order valence-corrected chi connectivity index (χ2v) is 5.27. The van der Waals surface area contributed by atoms with Crippen molar-refractivity contribution in [1.29, 1.82) is 0 Å². The molecule has 2 nitrogen and oxygen atoms in total. The highest BCUT2D eigenvalue weighted by Gasteiger charge is 1.99. The first kappa shape index (κ1) is 14.6. The molecule has 0 heterocycles. The van der Waals surface area contributed by atoms with Gasteiger partial charge in [0.1, 0.15) is 5.75 Å². The predicted octanol–water partition coefficient (Wildman–Crippen LogP) is 3.81. The molecule has 0 aliphatic heterocycles. The Kier molecular flexibility index (Phi) is 5.63. The monoisotopic (exact) mass is 269 g/mol. The molecule has 2 aromatic carbocycles. The van der Waals surface area contributed by atoms with Crippen LogP contribution in [0.25, 0.3) is 0 Å². The maximum atomic E-state index is 5.83. The zero-order valence-electron chi connectivity index (χ0n) is 12.3. The van der Waals surface area contributed by atoms with Gasteiger partial charge in [0.05, 0.1) is 6.61 Å². The van der Waals surface area contributed by atoms with E-state index in [4.69, 9.17) is 4.74 Å². The molecule has 0 bridgehead atoms. The molecule has 0 amide bonds. The molecule has 0 spiro atoms. The molecule has 0 aliphatic rings. The molecular formula is C18H23NO. The topological polar surface area (TPSA) is 21.3 Å². The van der Waals surface area contributed by atoms with Crippen molar-refractivity contribution >= 4 is 0 Å². The van der Waals surface area contributed by atoms with Gasteiger partial charge in [-0.05, 0) is 23.3 Å². The van der Waals surface area contributed by atoms with Crippen molar-refractivity contribution in [3.63, 3.8) is 0 Å². The minimum atomic E-state index is 0.498. The highest BCUT2D eigenvalue weighted by atomic mass is 16.5. The quantitative estimate of drug-likeness (QED) is 0.825. The molecule has 106 valence electrons. The summed E-state index contributed by atoms with van der Waals surface area (Å²) in [4.78, 5) is 0. The van der Waals surface area contributed by atoms with Crippen LogP contribution in [0.5, 0.6) is 5.75 Å². The Morgan fingerprint density at radius 1 is 0.950 bits per heavy atom. The summed E-state index contributed by atoms with van der Waals surface area (Å²) >= 11 is 0. The maximum Gasteiger partial charge on any atom is 0.119 e. The van der Waals surface area contributed by atoms with Crippen molar-refractivity contribution in [3.05, 3.63) is 65.7 Å². The van der Waals surface area contributed by atoms with Crippen molar-refractivity contribution in [1.82, 2.24) is 5.32 Å².